The summed E-state index contributed by atoms with van der Waals surface area (Å²) in [6.45, 7) is 5.42. The first-order chi connectivity index (χ1) is 12.7. The number of carbonyl (C=O) groups is 2. The zero-order chi connectivity index (χ0) is 19.7. The van der Waals surface area contributed by atoms with E-state index in [9.17, 15) is 13.8 Å². The van der Waals surface area contributed by atoms with Crippen LogP contribution in [0.2, 0.25) is 0 Å². The Bertz CT molecular complexity index is 804. The molecule has 2 atom stereocenters. The fourth-order valence-corrected chi connectivity index (χ4v) is 5.99. The molecule has 8 heteroatoms. The first-order valence-corrected chi connectivity index (χ1v) is 10.9. The average Bonchev–Trinajstić information content (AvgIpc) is 2.84. The summed E-state index contributed by atoms with van der Waals surface area (Å²) in [7, 11) is -2.73. The van der Waals surface area contributed by atoms with Gasteiger partial charge in [-0.2, -0.15) is 0 Å². The van der Waals surface area contributed by atoms with Crippen LogP contribution >= 0.6 is 0 Å². The van der Waals surface area contributed by atoms with Gasteiger partial charge in [-0.15, -0.1) is 4.36 Å². The molecular weight excluding hydrogens is 368 g/mol. The number of carbonyl (C=O) groups excluding carboxylic acids is 2. The van der Waals surface area contributed by atoms with E-state index in [1.165, 1.54) is 0 Å². The summed E-state index contributed by atoms with van der Waals surface area (Å²) in [6.07, 6.45) is 0.287. The van der Waals surface area contributed by atoms with Crippen LogP contribution in [0, 0.1) is 0 Å². The van der Waals surface area contributed by atoms with Crippen molar-refractivity contribution in [3.8, 4) is 0 Å². The average molecular weight is 394 g/mol. The number of hydrogen-bond acceptors (Lipinski definition) is 5. The van der Waals surface area contributed by atoms with Crippen molar-refractivity contribution in [2.45, 2.75) is 57.9 Å². The van der Waals surface area contributed by atoms with Crippen LogP contribution in [0.5, 0.6) is 0 Å². The molecule has 2 amide bonds. The molecule has 2 aliphatic heterocycles. The third kappa shape index (κ3) is 5.00. The van der Waals surface area contributed by atoms with Gasteiger partial charge in [-0.3, -0.25) is 0 Å². The Balaban J connectivity index is 1.65. The minimum atomic E-state index is -2.73. The first-order valence-electron chi connectivity index (χ1n) is 9.10. The molecule has 2 aliphatic rings. The van der Waals surface area contributed by atoms with E-state index in [0.29, 0.717) is 0 Å². The van der Waals surface area contributed by atoms with Gasteiger partial charge in [0.25, 0.3) is 0 Å². The van der Waals surface area contributed by atoms with Crippen molar-refractivity contribution in [2.24, 2.45) is 4.36 Å². The highest BCUT2D eigenvalue weighted by atomic mass is 32.2. The molecule has 0 N–H and O–H groups in total. The third-order valence-corrected chi connectivity index (χ3v) is 6.87. The lowest BCUT2D eigenvalue weighted by Crippen LogP contribution is -2.51. The summed E-state index contributed by atoms with van der Waals surface area (Å²) in [5, 5.41) is 0. The molecule has 7 nitrogen and oxygen atoms in total. The van der Waals surface area contributed by atoms with Gasteiger partial charge in [-0.25, -0.2) is 13.8 Å². The zero-order valence-corrected chi connectivity index (χ0v) is 16.7. The SMILES string of the molecule is CC(C)(C)OC(=O)N=S1(=O)CC2CCC(C1)N2C(=O)OCc1ccccc1. The van der Waals surface area contributed by atoms with E-state index >= 15 is 0 Å². The fraction of sp³-hybridized carbons (Fsp3) is 0.579. The molecule has 1 aromatic rings. The van der Waals surface area contributed by atoms with Gasteiger partial charge in [-0.1, -0.05) is 30.3 Å². The highest BCUT2D eigenvalue weighted by Crippen LogP contribution is 2.33. The van der Waals surface area contributed by atoms with Crippen molar-refractivity contribution < 1.29 is 23.3 Å². The molecule has 0 spiro atoms. The van der Waals surface area contributed by atoms with Crippen molar-refractivity contribution in [3.63, 3.8) is 0 Å². The van der Waals surface area contributed by atoms with Crippen molar-refractivity contribution in [3.05, 3.63) is 35.9 Å². The molecule has 2 bridgehead atoms. The molecule has 0 aliphatic carbocycles. The summed E-state index contributed by atoms with van der Waals surface area (Å²) in [5.74, 6) is 0.367. The van der Waals surface area contributed by atoms with Crippen LogP contribution in [0.25, 0.3) is 0 Å². The molecule has 0 aromatic heterocycles. The van der Waals surface area contributed by atoms with E-state index in [1.807, 2.05) is 30.3 Å². The maximum absolute atomic E-state index is 13.1. The molecule has 2 heterocycles. The highest BCUT2D eigenvalue weighted by molar-refractivity contribution is 7.94. The predicted molar refractivity (Wildman–Crippen MR) is 102 cm³/mol. The van der Waals surface area contributed by atoms with Gasteiger partial charge in [0.2, 0.25) is 0 Å². The monoisotopic (exact) mass is 394 g/mol. The van der Waals surface area contributed by atoms with Gasteiger partial charge in [0.15, 0.2) is 0 Å². The zero-order valence-electron chi connectivity index (χ0n) is 15.9. The van der Waals surface area contributed by atoms with E-state index in [2.05, 4.69) is 4.36 Å². The van der Waals surface area contributed by atoms with Crippen LogP contribution in [-0.4, -0.2) is 50.5 Å². The number of amides is 2. The Hall–Kier alpha value is -2.09. The molecule has 27 heavy (non-hydrogen) atoms. The van der Waals surface area contributed by atoms with Crippen LogP contribution in [0.4, 0.5) is 9.59 Å². The Morgan fingerprint density at radius 3 is 2.30 bits per heavy atom. The summed E-state index contributed by atoms with van der Waals surface area (Å²) in [6, 6.07) is 9.04. The minimum absolute atomic E-state index is 0.184. The van der Waals surface area contributed by atoms with Crippen molar-refractivity contribution in [1.29, 1.82) is 0 Å². The highest BCUT2D eigenvalue weighted by Gasteiger charge is 2.46. The van der Waals surface area contributed by atoms with E-state index in [1.54, 1.807) is 25.7 Å². The van der Waals surface area contributed by atoms with Crippen LogP contribution in [0.15, 0.2) is 34.7 Å². The summed E-state index contributed by atoms with van der Waals surface area (Å²) >= 11 is 0. The second kappa shape index (κ2) is 7.50. The Morgan fingerprint density at radius 1 is 1.15 bits per heavy atom. The maximum Gasteiger partial charge on any atom is 0.442 e. The molecule has 2 unspecified atom stereocenters. The largest absolute Gasteiger partial charge is 0.445 e. The van der Waals surface area contributed by atoms with Crippen molar-refractivity contribution in [1.82, 2.24) is 4.90 Å². The lowest BCUT2D eigenvalue weighted by Gasteiger charge is -2.35. The van der Waals surface area contributed by atoms with E-state index in [0.717, 1.165) is 18.4 Å². The predicted octanol–water partition coefficient (Wildman–Crippen LogP) is 3.57. The van der Waals surface area contributed by atoms with Gasteiger partial charge < -0.3 is 14.4 Å². The second-order valence-electron chi connectivity index (χ2n) is 8.01. The number of hydrogen-bond donors (Lipinski definition) is 0. The first kappa shape index (κ1) is 19.7. The van der Waals surface area contributed by atoms with Gasteiger partial charge in [0, 0.05) is 12.1 Å². The number of benzene rings is 1. The maximum atomic E-state index is 13.1. The molecule has 1 aromatic carbocycles. The quantitative estimate of drug-likeness (QED) is 0.765. The van der Waals surface area contributed by atoms with E-state index in [-0.39, 0.29) is 30.2 Å². The summed E-state index contributed by atoms with van der Waals surface area (Å²) < 4.78 is 27.5. The normalized spacial score (nSPS) is 27.1. The number of rotatable bonds is 2. The molecule has 0 radical (unpaired) electrons. The number of fused-ring (bicyclic) bond motifs is 2. The molecule has 2 saturated heterocycles. The topological polar surface area (TPSA) is 85.3 Å². The molecule has 148 valence electrons. The van der Waals surface area contributed by atoms with Gasteiger partial charge in [-0.05, 0) is 39.2 Å². The second-order valence-corrected chi connectivity index (χ2v) is 10.4. The van der Waals surface area contributed by atoms with Gasteiger partial charge in [0.05, 0.1) is 21.2 Å². The van der Waals surface area contributed by atoms with E-state index < -0.39 is 27.5 Å². The van der Waals surface area contributed by atoms with E-state index in [4.69, 9.17) is 9.47 Å². The van der Waals surface area contributed by atoms with Crippen LogP contribution in [0.3, 0.4) is 0 Å². The summed E-state index contributed by atoms with van der Waals surface area (Å²) in [4.78, 5) is 26.2. The molecule has 3 rings (SSSR count). The lowest BCUT2D eigenvalue weighted by atomic mass is 10.2. The van der Waals surface area contributed by atoms with Gasteiger partial charge in [0.1, 0.15) is 12.2 Å². The smallest absolute Gasteiger partial charge is 0.442 e. The van der Waals surface area contributed by atoms with Crippen LogP contribution in [-0.2, 0) is 25.8 Å². The molecule has 0 saturated carbocycles. The Morgan fingerprint density at radius 2 is 1.74 bits per heavy atom. The molecular formula is C19H26N2O5S. The standard InChI is InChI=1S/C19H26N2O5S/c1-19(2,3)26-17(22)20-27(24)12-15-9-10-16(13-27)21(15)18(23)25-11-14-7-5-4-6-8-14/h4-8,15-16H,9-13H2,1-3H3. The summed E-state index contributed by atoms with van der Waals surface area (Å²) in [5.41, 5.74) is 0.232. The Kier molecular flexibility index (Phi) is 5.46. The molecule has 2 fully saturated rings. The van der Waals surface area contributed by atoms with Crippen LogP contribution in [0.1, 0.15) is 39.2 Å². The van der Waals surface area contributed by atoms with Crippen molar-refractivity contribution >= 4 is 21.9 Å². The van der Waals surface area contributed by atoms with Crippen molar-refractivity contribution in [2.75, 3.05) is 11.5 Å². The third-order valence-electron chi connectivity index (χ3n) is 4.58. The number of ether oxygens (including phenoxy) is 2. The van der Waals surface area contributed by atoms with Gasteiger partial charge >= 0.3 is 12.2 Å². The lowest BCUT2D eigenvalue weighted by molar-refractivity contribution is 0.0607. The fourth-order valence-electron chi connectivity index (χ4n) is 3.54. The Labute approximate surface area is 160 Å². The van der Waals surface area contributed by atoms with Crippen LogP contribution < -0.4 is 0 Å². The minimum Gasteiger partial charge on any atom is -0.445 e. The number of nitrogens with zero attached hydrogens (tertiary/aromatic N) is 2.